The van der Waals surface area contributed by atoms with Crippen LogP contribution in [0.1, 0.15) is 42.1 Å². The average molecular weight is 387 g/mol. The lowest BCUT2D eigenvalue weighted by Gasteiger charge is -2.36. The number of hydrogen-bond acceptors (Lipinski definition) is 3. The molecule has 2 unspecified atom stereocenters. The first-order chi connectivity index (χ1) is 14.2. The second-order valence-electron chi connectivity index (χ2n) is 7.84. The van der Waals surface area contributed by atoms with Gasteiger partial charge in [-0.1, -0.05) is 30.3 Å². The molecule has 0 N–H and O–H groups in total. The SMILES string of the molecule is O=C(CCc1ccccc1)N1C2CCC1c1cnc(-c3ccc(F)cc3)nc1C2. The van der Waals surface area contributed by atoms with Crippen molar-refractivity contribution in [3.8, 4) is 11.4 Å². The fourth-order valence-corrected chi connectivity index (χ4v) is 4.62. The zero-order chi connectivity index (χ0) is 19.8. The van der Waals surface area contributed by atoms with Crippen LogP contribution in [-0.2, 0) is 17.6 Å². The topological polar surface area (TPSA) is 46.1 Å². The summed E-state index contributed by atoms with van der Waals surface area (Å²) < 4.78 is 13.2. The molecule has 3 heterocycles. The van der Waals surface area contributed by atoms with Gasteiger partial charge >= 0.3 is 0 Å². The molecule has 4 nitrogen and oxygen atoms in total. The normalized spacial score (nSPS) is 19.8. The average Bonchev–Trinajstić information content (AvgIpc) is 3.08. The number of carbonyl (C=O) groups excluding carboxylic acids is 1. The summed E-state index contributed by atoms with van der Waals surface area (Å²) in [6, 6.07) is 16.7. The third-order valence-electron chi connectivity index (χ3n) is 6.05. The molecule has 0 aliphatic carbocycles. The van der Waals surface area contributed by atoms with Crippen molar-refractivity contribution in [3.05, 3.63) is 83.4 Å². The summed E-state index contributed by atoms with van der Waals surface area (Å²) in [5.74, 6) is 0.566. The van der Waals surface area contributed by atoms with Gasteiger partial charge in [-0.3, -0.25) is 4.79 Å². The summed E-state index contributed by atoms with van der Waals surface area (Å²) in [7, 11) is 0. The minimum Gasteiger partial charge on any atom is -0.332 e. The first-order valence-electron chi connectivity index (χ1n) is 10.2. The molecular formula is C24H22FN3O. The molecular weight excluding hydrogens is 365 g/mol. The predicted octanol–water partition coefficient (Wildman–Crippen LogP) is 4.50. The second kappa shape index (κ2) is 7.39. The van der Waals surface area contributed by atoms with Gasteiger partial charge in [0.1, 0.15) is 5.82 Å². The molecule has 1 fully saturated rings. The van der Waals surface area contributed by atoms with Crippen LogP contribution in [0.25, 0.3) is 11.4 Å². The highest BCUT2D eigenvalue weighted by Crippen LogP contribution is 2.43. The molecule has 2 aliphatic rings. The third-order valence-corrected chi connectivity index (χ3v) is 6.05. The number of halogens is 1. The summed E-state index contributed by atoms with van der Waals surface area (Å²) >= 11 is 0. The van der Waals surface area contributed by atoms with Crippen LogP contribution in [-0.4, -0.2) is 26.8 Å². The summed E-state index contributed by atoms with van der Waals surface area (Å²) in [6.45, 7) is 0. The molecule has 3 aromatic rings. The third kappa shape index (κ3) is 3.41. The number of rotatable bonds is 4. The Morgan fingerprint density at radius 3 is 2.66 bits per heavy atom. The van der Waals surface area contributed by atoms with Crippen LogP contribution in [0.3, 0.4) is 0 Å². The molecule has 5 rings (SSSR count). The Balaban J connectivity index is 1.36. The Kier molecular flexibility index (Phi) is 4.58. The molecule has 2 atom stereocenters. The lowest BCUT2D eigenvalue weighted by atomic mass is 9.98. The van der Waals surface area contributed by atoms with Crippen molar-refractivity contribution < 1.29 is 9.18 Å². The molecule has 146 valence electrons. The minimum absolute atomic E-state index is 0.0780. The summed E-state index contributed by atoms with van der Waals surface area (Å²) in [6.07, 6.45) is 5.89. The standard InChI is InChI=1S/C24H22FN3O/c25-18-9-7-17(8-10-18)24-26-15-20-21(27-24)14-19-11-12-22(20)28(19)23(29)13-6-16-4-2-1-3-5-16/h1-5,7-10,15,19,22H,6,11-14H2. The van der Waals surface area contributed by atoms with Gasteiger partial charge in [-0.15, -0.1) is 0 Å². The van der Waals surface area contributed by atoms with E-state index in [9.17, 15) is 9.18 Å². The maximum atomic E-state index is 13.2. The molecule has 1 amide bonds. The zero-order valence-electron chi connectivity index (χ0n) is 16.1. The van der Waals surface area contributed by atoms with Gasteiger partial charge in [-0.25, -0.2) is 14.4 Å². The number of hydrogen-bond donors (Lipinski definition) is 0. The van der Waals surface area contributed by atoms with Crippen molar-refractivity contribution in [1.82, 2.24) is 14.9 Å². The smallest absolute Gasteiger partial charge is 0.223 e. The highest BCUT2D eigenvalue weighted by atomic mass is 19.1. The van der Waals surface area contributed by atoms with Crippen molar-refractivity contribution in [2.45, 2.75) is 44.2 Å². The minimum atomic E-state index is -0.269. The highest BCUT2D eigenvalue weighted by Gasteiger charge is 2.43. The number of carbonyl (C=O) groups is 1. The van der Waals surface area contributed by atoms with Crippen LogP contribution in [0, 0.1) is 5.82 Å². The van der Waals surface area contributed by atoms with Crippen LogP contribution in [0.4, 0.5) is 4.39 Å². The lowest BCUT2D eigenvalue weighted by Crippen LogP contribution is -2.42. The molecule has 2 aliphatic heterocycles. The summed E-state index contributed by atoms with van der Waals surface area (Å²) in [5.41, 5.74) is 4.09. The first kappa shape index (κ1) is 18.0. The van der Waals surface area contributed by atoms with Gasteiger partial charge in [0.15, 0.2) is 5.82 Å². The number of aryl methyl sites for hydroxylation is 1. The van der Waals surface area contributed by atoms with E-state index < -0.39 is 0 Å². The van der Waals surface area contributed by atoms with Gasteiger partial charge in [0.25, 0.3) is 0 Å². The maximum absolute atomic E-state index is 13.2. The lowest BCUT2D eigenvalue weighted by molar-refractivity contribution is -0.134. The zero-order valence-corrected chi connectivity index (χ0v) is 16.1. The molecule has 2 aromatic carbocycles. The van der Waals surface area contributed by atoms with Crippen LogP contribution >= 0.6 is 0 Å². The quantitative estimate of drug-likeness (QED) is 0.662. The van der Waals surface area contributed by atoms with E-state index in [1.165, 1.54) is 17.7 Å². The van der Waals surface area contributed by atoms with E-state index in [4.69, 9.17) is 4.98 Å². The number of nitrogens with zero attached hydrogens (tertiary/aromatic N) is 3. The Morgan fingerprint density at radius 2 is 1.86 bits per heavy atom. The fraction of sp³-hybridized carbons (Fsp3) is 0.292. The predicted molar refractivity (Wildman–Crippen MR) is 109 cm³/mol. The van der Waals surface area contributed by atoms with E-state index in [-0.39, 0.29) is 23.8 Å². The van der Waals surface area contributed by atoms with E-state index in [0.29, 0.717) is 12.2 Å². The fourth-order valence-electron chi connectivity index (χ4n) is 4.62. The van der Waals surface area contributed by atoms with Gasteiger partial charge in [0, 0.05) is 36.2 Å². The largest absolute Gasteiger partial charge is 0.332 e. The van der Waals surface area contributed by atoms with E-state index in [1.807, 2.05) is 24.4 Å². The Hall–Kier alpha value is -3.08. The first-order valence-corrected chi connectivity index (χ1v) is 10.2. The Morgan fingerprint density at radius 1 is 1.07 bits per heavy atom. The van der Waals surface area contributed by atoms with Crippen molar-refractivity contribution in [3.63, 3.8) is 0 Å². The number of benzene rings is 2. The van der Waals surface area contributed by atoms with Crippen molar-refractivity contribution in [2.24, 2.45) is 0 Å². The van der Waals surface area contributed by atoms with Crippen molar-refractivity contribution in [2.75, 3.05) is 0 Å². The Labute approximate surface area is 169 Å². The van der Waals surface area contributed by atoms with E-state index >= 15 is 0 Å². The van der Waals surface area contributed by atoms with Gasteiger partial charge in [-0.2, -0.15) is 0 Å². The highest BCUT2D eigenvalue weighted by molar-refractivity contribution is 5.78. The summed E-state index contributed by atoms with van der Waals surface area (Å²) in [5, 5.41) is 0. The summed E-state index contributed by atoms with van der Waals surface area (Å²) in [4.78, 5) is 24.4. The monoisotopic (exact) mass is 387 g/mol. The second-order valence-corrected chi connectivity index (χ2v) is 7.84. The molecule has 5 heteroatoms. The van der Waals surface area contributed by atoms with Crippen molar-refractivity contribution >= 4 is 5.91 Å². The van der Waals surface area contributed by atoms with Crippen LogP contribution in [0.2, 0.25) is 0 Å². The Bertz CT molecular complexity index is 1040. The molecule has 29 heavy (non-hydrogen) atoms. The molecule has 0 spiro atoms. The molecule has 0 saturated carbocycles. The van der Waals surface area contributed by atoms with E-state index in [0.717, 1.165) is 42.5 Å². The van der Waals surface area contributed by atoms with E-state index in [1.54, 1.807) is 12.1 Å². The van der Waals surface area contributed by atoms with Crippen LogP contribution in [0.15, 0.2) is 60.8 Å². The van der Waals surface area contributed by atoms with Crippen LogP contribution in [0.5, 0.6) is 0 Å². The van der Waals surface area contributed by atoms with Crippen LogP contribution < -0.4 is 0 Å². The number of aromatic nitrogens is 2. The molecule has 1 aromatic heterocycles. The van der Waals surface area contributed by atoms with Gasteiger partial charge in [0.2, 0.25) is 5.91 Å². The number of fused-ring (bicyclic) bond motifs is 4. The molecule has 0 radical (unpaired) electrons. The van der Waals surface area contributed by atoms with Crippen molar-refractivity contribution in [1.29, 1.82) is 0 Å². The maximum Gasteiger partial charge on any atom is 0.223 e. The molecule has 1 saturated heterocycles. The van der Waals surface area contributed by atoms with Gasteiger partial charge in [0.05, 0.1) is 11.7 Å². The number of amides is 1. The molecule has 2 bridgehead atoms. The van der Waals surface area contributed by atoms with Gasteiger partial charge < -0.3 is 4.90 Å². The van der Waals surface area contributed by atoms with E-state index in [2.05, 4.69) is 22.0 Å². The van der Waals surface area contributed by atoms with Gasteiger partial charge in [-0.05, 0) is 49.1 Å².